The molecule has 120 valence electrons. The molecule has 2 unspecified atom stereocenters. The molecule has 0 bridgehead atoms. The Labute approximate surface area is 128 Å². The van der Waals surface area contributed by atoms with Crippen molar-refractivity contribution < 1.29 is 14.6 Å². The maximum atomic E-state index is 9.65. The zero-order valence-corrected chi connectivity index (χ0v) is 13.8. The van der Waals surface area contributed by atoms with Crippen molar-refractivity contribution in [3.63, 3.8) is 0 Å². The normalized spacial score (nSPS) is 15.6. The fraction of sp³-hybridized carbons (Fsp3) is 0.647. The SMILES string of the molecule is CCOc1ccccc1OC(C)CC(C)(CO)NC(C)C. The predicted octanol–water partition coefficient (Wildman–Crippen LogP) is 2.99. The summed E-state index contributed by atoms with van der Waals surface area (Å²) in [6, 6.07) is 7.99. The molecule has 1 aromatic carbocycles. The van der Waals surface area contributed by atoms with Crippen molar-refractivity contribution in [3.8, 4) is 11.5 Å². The van der Waals surface area contributed by atoms with E-state index in [4.69, 9.17) is 9.47 Å². The van der Waals surface area contributed by atoms with Gasteiger partial charge in [-0.25, -0.2) is 0 Å². The lowest BCUT2D eigenvalue weighted by atomic mass is 9.94. The molecular weight excluding hydrogens is 266 g/mol. The molecule has 0 aliphatic rings. The third-order valence-corrected chi connectivity index (χ3v) is 3.20. The van der Waals surface area contributed by atoms with Gasteiger partial charge in [0.25, 0.3) is 0 Å². The van der Waals surface area contributed by atoms with Crippen LogP contribution in [0.15, 0.2) is 24.3 Å². The van der Waals surface area contributed by atoms with Crippen LogP contribution < -0.4 is 14.8 Å². The number of hydrogen-bond donors (Lipinski definition) is 2. The third-order valence-electron chi connectivity index (χ3n) is 3.20. The summed E-state index contributed by atoms with van der Waals surface area (Å²) >= 11 is 0. The lowest BCUT2D eigenvalue weighted by molar-refractivity contribution is 0.102. The van der Waals surface area contributed by atoms with E-state index in [2.05, 4.69) is 19.2 Å². The van der Waals surface area contributed by atoms with Crippen molar-refractivity contribution in [2.45, 2.75) is 58.7 Å². The molecule has 4 heteroatoms. The van der Waals surface area contributed by atoms with Gasteiger partial charge >= 0.3 is 0 Å². The smallest absolute Gasteiger partial charge is 0.161 e. The van der Waals surface area contributed by atoms with Gasteiger partial charge in [-0.1, -0.05) is 26.0 Å². The first-order valence-electron chi connectivity index (χ1n) is 7.67. The van der Waals surface area contributed by atoms with E-state index in [9.17, 15) is 5.11 Å². The fourth-order valence-corrected chi connectivity index (χ4v) is 2.58. The van der Waals surface area contributed by atoms with Gasteiger partial charge in [0.2, 0.25) is 0 Å². The molecule has 0 spiro atoms. The Morgan fingerprint density at radius 3 is 2.33 bits per heavy atom. The summed E-state index contributed by atoms with van der Waals surface area (Å²) in [6.45, 7) is 10.8. The summed E-state index contributed by atoms with van der Waals surface area (Å²) in [4.78, 5) is 0. The van der Waals surface area contributed by atoms with Gasteiger partial charge in [-0.3, -0.25) is 0 Å². The van der Waals surface area contributed by atoms with Crippen molar-refractivity contribution in [2.75, 3.05) is 13.2 Å². The minimum Gasteiger partial charge on any atom is -0.490 e. The molecular formula is C17H29NO3. The number of hydrogen-bond acceptors (Lipinski definition) is 4. The lowest BCUT2D eigenvalue weighted by Gasteiger charge is -2.33. The maximum Gasteiger partial charge on any atom is 0.161 e. The quantitative estimate of drug-likeness (QED) is 0.735. The Morgan fingerprint density at radius 1 is 1.19 bits per heavy atom. The van der Waals surface area contributed by atoms with Crippen molar-refractivity contribution >= 4 is 0 Å². The van der Waals surface area contributed by atoms with Crippen molar-refractivity contribution in [2.24, 2.45) is 0 Å². The van der Waals surface area contributed by atoms with Crippen LogP contribution in [0.1, 0.15) is 41.0 Å². The van der Waals surface area contributed by atoms with Crippen LogP contribution in [0.25, 0.3) is 0 Å². The summed E-state index contributed by atoms with van der Waals surface area (Å²) in [7, 11) is 0. The van der Waals surface area contributed by atoms with Crippen LogP contribution in [0.4, 0.5) is 0 Å². The molecule has 2 N–H and O–H groups in total. The van der Waals surface area contributed by atoms with Crippen molar-refractivity contribution in [3.05, 3.63) is 24.3 Å². The number of benzene rings is 1. The molecule has 0 aromatic heterocycles. The molecule has 0 heterocycles. The van der Waals surface area contributed by atoms with E-state index in [0.717, 1.165) is 11.5 Å². The zero-order valence-electron chi connectivity index (χ0n) is 13.8. The molecule has 0 fully saturated rings. The molecule has 0 saturated carbocycles. The largest absolute Gasteiger partial charge is 0.490 e. The van der Waals surface area contributed by atoms with Crippen LogP contribution in [-0.4, -0.2) is 36.0 Å². The molecule has 0 saturated heterocycles. The van der Waals surface area contributed by atoms with Gasteiger partial charge in [-0.05, 0) is 32.9 Å². The van der Waals surface area contributed by atoms with Gasteiger partial charge in [0, 0.05) is 18.0 Å². The first-order chi connectivity index (χ1) is 9.90. The number of ether oxygens (including phenoxy) is 2. The highest BCUT2D eigenvalue weighted by Crippen LogP contribution is 2.28. The van der Waals surface area contributed by atoms with Gasteiger partial charge in [-0.2, -0.15) is 0 Å². The zero-order chi connectivity index (χ0) is 15.9. The highest BCUT2D eigenvalue weighted by molar-refractivity contribution is 5.39. The number of para-hydroxylation sites is 2. The fourth-order valence-electron chi connectivity index (χ4n) is 2.58. The predicted molar refractivity (Wildman–Crippen MR) is 86.1 cm³/mol. The highest BCUT2D eigenvalue weighted by Gasteiger charge is 2.27. The van der Waals surface area contributed by atoms with Crippen LogP contribution in [-0.2, 0) is 0 Å². The highest BCUT2D eigenvalue weighted by atomic mass is 16.5. The Balaban J connectivity index is 2.70. The summed E-state index contributed by atoms with van der Waals surface area (Å²) < 4.78 is 11.6. The van der Waals surface area contributed by atoms with E-state index in [1.54, 1.807) is 0 Å². The summed E-state index contributed by atoms with van der Waals surface area (Å²) in [5, 5.41) is 13.0. The molecule has 4 nitrogen and oxygen atoms in total. The number of aliphatic hydroxyl groups is 1. The third kappa shape index (κ3) is 5.94. The van der Waals surface area contributed by atoms with Crippen LogP contribution in [0.3, 0.4) is 0 Å². The molecule has 2 atom stereocenters. The number of rotatable bonds is 9. The lowest BCUT2D eigenvalue weighted by Crippen LogP contribution is -2.51. The summed E-state index contributed by atoms with van der Waals surface area (Å²) in [5.74, 6) is 1.51. The van der Waals surface area contributed by atoms with Gasteiger partial charge in [0.1, 0.15) is 0 Å². The van der Waals surface area contributed by atoms with E-state index in [1.807, 2.05) is 45.0 Å². The van der Waals surface area contributed by atoms with Gasteiger partial charge in [0.05, 0.1) is 19.3 Å². The number of aliphatic hydroxyl groups excluding tert-OH is 1. The molecule has 0 amide bonds. The minimum absolute atomic E-state index is 0.0324. The topological polar surface area (TPSA) is 50.7 Å². The van der Waals surface area contributed by atoms with Crippen molar-refractivity contribution in [1.29, 1.82) is 0 Å². The van der Waals surface area contributed by atoms with E-state index >= 15 is 0 Å². The first-order valence-corrected chi connectivity index (χ1v) is 7.67. The molecule has 21 heavy (non-hydrogen) atoms. The molecule has 1 rings (SSSR count). The van der Waals surface area contributed by atoms with Gasteiger partial charge in [-0.15, -0.1) is 0 Å². The second kappa shape index (κ2) is 8.25. The Morgan fingerprint density at radius 2 is 1.81 bits per heavy atom. The van der Waals surface area contributed by atoms with Crippen LogP contribution in [0.5, 0.6) is 11.5 Å². The Kier molecular flexibility index (Phi) is 6.99. The Hall–Kier alpha value is -1.26. The maximum absolute atomic E-state index is 9.65. The minimum atomic E-state index is -0.353. The van der Waals surface area contributed by atoms with E-state index in [1.165, 1.54) is 0 Å². The average Bonchev–Trinajstić information content (AvgIpc) is 2.40. The molecule has 0 radical (unpaired) electrons. The monoisotopic (exact) mass is 295 g/mol. The van der Waals surface area contributed by atoms with Gasteiger partial charge in [0.15, 0.2) is 11.5 Å². The van der Waals surface area contributed by atoms with E-state index < -0.39 is 0 Å². The van der Waals surface area contributed by atoms with Crippen LogP contribution in [0, 0.1) is 0 Å². The Bertz CT molecular complexity index is 422. The average molecular weight is 295 g/mol. The van der Waals surface area contributed by atoms with Crippen molar-refractivity contribution in [1.82, 2.24) is 5.32 Å². The standard InChI is InChI=1S/C17H29NO3/c1-6-20-15-9-7-8-10-16(15)21-14(4)11-17(5,12-19)18-13(2)3/h7-10,13-14,18-19H,6,11-12H2,1-5H3. The summed E-state index contributed by atoms with van der Waals surface area (Å²) in [6.07, 6.45) is 0.678. The summed E-state index contributed by atoms with van der Waals surface area (Å²) in [5.41, 5.74) is -0.353. The number of nitrogens with one attached hydrogen (secondary N) is 1. The second-order valence-electron chi connectivity index (χ2n) is 6.03. The second-order valence-corrected chi connectivity index (χ2v) is 6.03. The van der Waals surface area contributed by atoms with Crippen LogP contribution in [0.2, 0.25) is 0 Å². The molecule has 0 aliphatic carbocycles. The van der Waals surface area contributed by atoms with E-state index in [0.29, 0.717) is 19.1 Å². The van der Waals surface area contributed by atoms with Gasteiger partial charge < -0.3 is 19.9 Å². The van der Waals surface area contributed by atoms with E-state index in [-0.39, 0.29) is 18.2 Å². The molecule has 1 aromatic rings. The first kappa shape index (κ1) is 17.8. The van der Waals surface area contributed by atoms with Crippen LogP contribution >= 0.6 is 0 Å². The molecule has 0 aliphatic heterocycles.